The molecule has 0 aliphatic carbocycles. The minimum absolute atomic E-state index is 0.0773. The molecule has 0 aliphatic rings. The van der Waals surface area contributed by atoms with Crippen molar-refractivity contribution < 1.29 is 32.3 Å². The number of nitrogens with one attached hydrogen (secondary N) is 2. The Morgan fingerprint density at radius 1 is 0.917 bits per heavy atom. The van der Waals surface area contributed by atoms with Gasteiger partial charge in [-0.05, 0) is 61.4 Å². The van der Waals surface area contributed by atoms with Crippen LogP contribution in [-0.2, 0) is 21.2 Å². The molecule has 1 heterocycles. The van der Waals surface area contributed by atoms with Crippen LogP contribution in [0.25, 0.3) is 0 Å². The molecule has 0 bridgehead atoms. The smallest absolute Gasteiger partial charge is 0.434 e. The summed E-state index contributed by atoms with van der Waals surface area (Å²) in [7, 11) is -4.22. The SMILES string of the molecule is CCOC(=O)Oc1ccc(C(=O)NS(=O)(=O)c2ccc(C(=O)NCCc3ccc(Cl)cc3)cc2)cn1. The minimum atomic E-state index is -4.22. The monoisotopic (exact) mass is 531 g/mol. The summed E-state index contributed by atoms with van der Waals surface area (Å²) in [5, 5.41) is 3.39. The van der Waals surface area contributed by atoms with Crippen LogP contribution in [0, 0.1) is 0 Å². The largest absolute Gasteiger partial charge is 0.515 e. The van der Waals surface area contributed by atoms with Crippen LogP contribution < -0.4 is 14.8 Å². The Balaban J connectivity index is 1.55. The van der Waals surface area contributed by atoms with Crippen molar-refractivity contribution >= 4 is 39.6 Å². The van der Waals surface area contributed by atoms with Crippen molar-refractivity contribution in [3.8, 4) is 5.88 Å². The topological polar surface area (TPSA) is 141 Å². The number of halogens is 1. The van der Waals surface area contributed by atoms with Gasteiger partial charge in [0.25, 0.3) is 21.8 Å². The van der Waals surface area contributed by atoms with E-state index < -0.39 is 22.1 Å². The maximum Gasteiger partial charge on any atom is 0.515 e. The Morgan fingerprint density at radius 3 is 2.19 bits per heavy atom. The van der Waals surface area contributed by atoms with Crippen LogP contribution >= 0.6 is 11.6 Å². The van der Waals surface area contributed by atoms with Crippen molar-refractivity contribution in [2.75, 3.05) is 13.2 Å². The van der Waals surface area contributed by atoms with E-state index in [1.165, 1.54) is 36.4 Å². The molecule has 0 saturated heterocycles. The number of sulfonamides is 1. The van der Waals surface area contributed by atoms with Crippen molar-refractivity contribution in [3.05, 3.63) is 88.6 Å². The van der Waals surface area contributed by atoms with Gasteiger partial charge < -0.3 is 14.8 Å². The summed E-state index contributed by atoms with van der Waals surface area (Å²) in [5.41, 5.74) is 1.19. The molecule has 2 N–H and O–H groups in total. The van der Waals surface area contributed by atoms with E-state index in [-0.39, 0.29) is 34.4 Å². The number of carbonyl (C=O) groups is 3. The van der Waals surface area contributed by atoms with Crippen molar-refractivity contribution in [2.45, 2.75) is 18.2 Å². The summed E-state index contributed by atoms with van der Waals surface area (Å²) in [6, 6.07) is 14.9. The lowest BCUT2D eigenvalue weighted by Gasteiger charge is -2.09. The molecule has 3 aromatic rings. The second-order valence-corrected chi connectivity index (χ2v) is 9.38. The van der Waals surface area contributed by atoms with Crippen molar-refractivity contribution in [2.24, 2.45) is 0 Å². The third-order valence-corrected chi connectivity index (χ3v) is 6.31. The summed E-state index contributed by atoms with van der Waals surface area (Å²) in [4.78, 5) is 39.6. The standard InChI is InChI=1S/C24H22ClN3O7S/c1-2-34-24(31)35-21-12-7-18(15-27-21)23(30)28-36(32,33)20-10-5-17(6-11-20)22(29)26-14-13-16-3-8-19(25)9-4-16/h3-12,15H,2,13-14H2,1H3,(H,26,29)(H,28,30). The first kappa shape index (κ1) is 26.6. The van der Waals surface area contributed by atoms with Crippen LogP contribution in [0.15, 0.2) is 71.8 Å². The Labute approximate surface area is 212 Å². The highest BCUT2D eigenvalue weighted by atomic mass is 35.5. The molecular formula is C24H22ClN3O7S. The fourth-order valence-electron chi connectivity index (χ4n) is 2.91. The lowest BCUT2D eigenvalue weighted by atomic mass is 10.1. The molecule has 0 radical (unpaired) electrons. The molecule has 2 amide bonds. The highest BCUT2D eigenvalue weighted by Gasteiger charge is 2.20. The van der Waals surface area contributed by atoms with Gasteiger partial charge in [0, 0.05) is 29.4 Å². The summed E-state index contributed by atoms with van der Waals surface area (Å²) < 4.78 is 36.5. The molecule has 188 valence electrons. The molecule has 2 aromatic carbocycles. The van der Waals surface area contributed by atoms with Gasteiger partial charge in [-0.15, -0.1) is 0 Å². The first-order valence-corrected chi connectivity index (χ1v) is 12.5. The first-order valence-electron chi connectivity index (χ1n) is 10.7. The Kier molecular flexibility index (Phi) is 8.98. The molecule has 0 spiro atoms. The van der Waals surface area contributed by atoms with Crippen LogP contribution in [0.3, 0.4) is 0 Å². The van der Waals surface area contributed by atoms with Gasteiger partial charge >= 0.3 is 6.16 Å². The van der Waals surface area contributed by atoms with Crippen LogP contribution in [0.5, 0.6) is 5.88 Å². The zero-order chi connectivity index (χ0) is 26.1. The van der Waals surface area contributed by atoms with E-state index in [4.69, 9.17) is 16.3 Å². The summed E-state index contributed by atoms with van der Waals surface area (Å²) in [5.74, 6) is -1.42. The van der Waals surface area contributed by atoms with Gasteiger partial charge in [0.1, 0.15) is 0 Å². The van der Waals surface area contributed by atoms with Crippen molar-refractivity contribution in [1.82, 2.24) is 15.0 Å². The minimum Gasteiger partial charge on any atom is -0.434 e. The number of aromatic nitrogens is 1. The molecule has 10 nitrogen and oxygen atoms in total. The second kappa shape index (κ2) is 12.1. The van der Waals surface area contributed by atoms with Gasteiger partial charge in [-0.25, -0.2) is 22.9 Å². The number of hydrogen-bond acceptors (Lipinski definition) is 8. The van der Waals surface area contributed by atoms with Crippen molar-refractivity contribution in [1.29, 1.82) is 0 Å². The number of benzene rings is 2. The zero-order valence-electron chi connectivity index (χ0n) is 19.1. The van der Waals surface area contributed by atoms with Gasteiger partial charge in [-0.3, -0.25) is 9.59 Å². The number of nitrogens with zero attached hydrogens (tertiary/aromatic N) is 1. The molecule has 3 rings (SSSR count). The third kappa shape index (κ3) is 7.52. The van der Waals surface area contributed by atoms with Crippen LogP contribution in [0.4, 0.5) is 4.79 Å². The molecule has 0 unspecified atom stereocenters. The lowest BCUT2D eigenvalue weighted by molar-refractivity contribution is 0.0950. The molecule has 0 saturated carbocycles. The number of ether oxygens (including phenoxy) is 2. The number of rotatable bonds is 9. The lowest BCUT2D eigenvalue weighted by Crippen LogP contribution is -2.31. The van der Waals surface area contributed by atoms with Gasteiger partial charge in [0.2, 0.25) is 5.88 Å². The second-order valence-electron chi connectivity index (χ2n) is 7.26. The maximum atomic E-state index is 12.6. The molecular weight excluding hydrogens is 510 g/mol. The molecule has 0 aliphatic heterocycles. The highest BCUT2D eigenvalue weighted by molar-refractivity contribution is 7.90. The van der Waals surface area contributed by atoms with Crippen LogP contribution in [-0.4, -0.2) is 44.5 Å². The average molecular weight is 532 g/mol. The first-order chi connectivity index (χ1) is 17.2. The van der Waals surface area contributed by atoms with E-state index in [0.29, 0.717) is 18.0 Å². The Morgan fingerprint density at radius 2 is 1.58 bits per heavy atom. The molecule has 36 heavy (non-hydrogen) atoms. The average Bonchev–Trinajstić information content (AvgIpc) is 2.85. The number of amides is 2. The summed E-state index contributed by atoms with van der Waals surface area (Å²) in [6.07, 6.45) is 0.701. The van der Waals surface area contributed by atoms with E-state index in [1.807, 2.05) is 16.9 Å². The predicted octanol–water partition coefficient (Wildman–Crippen LogP) is 3.36. The highest BCUT2D eigenvalue weighted by Crippen LogP contribution is 2.14. The third-order valence-electron chi connectivity index (χ3n) is 4.71. The fraction of sp³-hybridized carbons (Fsp3) is 0.167. The van der Waals surface area contributed by atoms with E-state index in [1.54, 1.807) is 19.1 Å². The molecule has 1 aromatic heterocycles. The van der Waals surface area contributed by atoms with Gasteiger partial charge in [-0.1, -0.05) is 23.7 Å². The molecule has 0 fully saturated rings. The normalized spacial score (nSPS) is 10.8. The summed E-state index contributed by atoms with van der Waals surface area (Å²) in [6.45, 7) is 2.11. The van der Waals surface area contributed by atoms with E-state index in [9.17, 15) is 22.8 Å². The van der Waals surface area contributed by atoms with E-state index in [0.717, 1.165) is 11.8 Å². The fourth-order valence-corrected chi connectivity index (χ4v) is 4.01. The van der Waals surface area contributed by atoms with Crippen molar-refractivity contribution in [3.63, 3.8) is 0 Å². The van der Waals surface area contributed by atoms with Crippen LogP contribution in [0.2, 0.25) is 5.02 Å². The Hall–Kier alpha value is -3.96. The zero-order valence-corrected chi connectivity index (χ0v) is 20.6. The summed E-state index contributed by atoms with van der Waals surface area (Å²) >= 11 is 5.85. The van der Waals surface area contributed by atoms with Gasteiger partial charge in [0.15, 0.2) is 0 Å². The maximum absolute atomic E-state index is 12.6. The molecule has 0 atom stereocenters. The number of carbonyl (C=O) groups excluding carboxylic acids is 3. The van der Waals surface area contributed by atoms with Crippen LogP contribution in [0.1, 0.15) is 33.2 Å². The van der Waals surface area contributed by atoms with Gasteiger partial charge in [0.05, 0.1) is 17.1 Å². The predicted molar refractivity (Wildman–Crippen MR) is 130 cm³/mol. The quantitative estimate of drug-likeness (QED) is 0.400. The number of hydrogen-bond donors (Lipinski definition) is 2. The molecule has 12 heteroatoms. The van der Waals surface area contributed by atoms with E-state index >= 15 is 0 Å². The van der Waals surface area contributed by atoms with E-state index in [2.05, 4.69) is 15.0 Å². The number of pyridine rings is 1. The van der Waals surface area contributed by atoms with Gasteiger partial charge in [-0.2, -0.15) is 0 Å². The Bertz CT molecular complexity index is 1330.